The molecule has 0 aliphatic carbocycles. The first-order valence-electron chi connectivity index (χ1n) is 6.84. The van der Waals surface area contributed by atoms with Crippen LogP contribution in [-0.4, -0.2) is 64.1 Å². The summed E-state index contributed by atoms with van der Waals surface area (Å²) in [6.07, 6.45) is 0.547. The number of carbonyl (C=O) groups excluding carboxylic acids is 1. The molecule has 21 heavy (non-hydrogen) atoms. The van der Waals surface area contributed by atoms with Crippen LogP contribution in [0.4, 0.5) is 0 Å². The Labute approximate surface area is 126 Å². The first-order valence-corrected chi connectivity index (χ1v) is 10.2. The van der Waals surface area contributed by atoms with E-state index in [9.17, 15) is 21.6 Å². The fourth-order valence-electron chi connectivity index (χ4n) is 2.37. The SMILES string of the molecule is COC(=O)CS(=O)(=O)N1CCC(S(=O)(=O)CC(C)C)CC1. The van der Waals surface area contributed by atoms with Crippen molar-refractivity contribution in [3.8, 4) is 0 Å². The second kappa shape index (κ2) is 7.06. The van der Waals surface area contributed by atoms with Crippen LogP contribution in [0.15, 0.2) is 0 Å². The molecule has 0 aromatic rings. The van der Waals surface area contributed by atoms with Crippen LogP contribution in [0.1, 0.15) is 26.7 Å². The van der Waals surface area contributed by atoms with Crippen LogP contribution in [-0.2, 0) is 29.4 Å². The second-order valence-corrected chi connectivity index (χ2v) is 9.95. The maximum Gasteiger partial charge on any atom is 0.322 e. The zero-order chi connectivity index (χ0) is 16.3. The van der Waals surface area contributed by atoms with Gasteiger partial charge in [0.05, 0.1) is 18.1 Å². The molecule has 1 heterocycles. The molecule has 124 valence electrons. The fourth-order valence-corrected chi connectivity index (χ4v) is 5.87. The molecule has 0 N–H and O–H groups in total. The van der Waals surface area contributed by atoms with E-state index >= 15 is 0 Å². The molecular formula is C12H23NO6S2. The molecule has 1 saturated heterocycles. The van der Waals surface area contributed by atoms with E-state index in [1.54, 1.807) is 0 Å². The molecule has 7 nitrogen and oxygen atoms in total. The Kier molecular flexibility index (Phi) is 6.18. The van der Waals surface area contributed by atoms with Crippen molar-refractivity contribution in [1.29, 1.82) is 0 Å². The molecule has 0 radical (unpaired) electrons. The zero-order valence-corrected chi connectivity index (χ0v) is 14.2. The Morgan fingerprint density at radius 3 is 2.14 bits per heavy atom. The molecule has 0 amide bonds. The molecule has 0 unspecified atom stereocenters. The standard InChI is InChI=1S/C12H23NO6S2/c1-10(2)8-20(15,16)11-4-6-13(7-5-11)21(17,18)9-12(14)19-3/h10-11H,4-9H2,1-3H3. The molecule has 1 aliphatic heterocycles. The van der Waals surface area contributed by atoms with E-state index in [1.165, 1.54) is 4.31 Å². The lowest BCUT2D eigenvalue weighted by Gasteiger charge is -2.31. The van der Waals surface area contributed by atoms with Crippen molar-refractivity contribution in [1.82, 2.24) is 4.31 Å². The smallest absolute Gasteiger partial charge is 0.322 e. The summed E-state index contributed by atoms with van der Waals surface area (Å²) in [5, 5.41) is -0.496. The Hall–Kier alpha value is -0.670. The third kappa shape index (κ3) is 5.23. The van der Waals surface area contributed by atoms with Gasteiger partial charge in [-0.15, -0.1) is 0 Å². The van der Waals surface area contributed by atoms with Gasteiger partial charge < -0.3 is 4.74 Å². The summed E-state index contributed by atoms with van der Waals surface area (Å²) >= 11 is 0. The maximum absolute atomic E-state index is 12.1. The third-order valence-corrected chi connectivity index (χ3v) is 7.77. The molecule has 0 aromatic carbocycles. The van der Waals surface area contributed by atoms with E-state index in [0.29, 0.717) is 0 Å². The van der Waals surface area contributed by atoms with E-state index in [4.69, 9.17) is 0 Å². The van der Waals surface area contributed by atoms with E-state index < -0.39 is 36.8 Å². The lowest BCUT2D eigenvalue weighted by Crippen LogP contribution is -2.45. The molecule has 0 atom stereocenters. The van der Waals surface area contributed by atoms with Crippen LogP contribution in [0, 0.1) is 5.92 Å². The van der Waals surface area contributed by atoms with Gasteiger partial charge in [-0.1, -0.05) is 13.8 Å². The minimum absolute atomic E-state index is 0.0519. The van der Waals surface area contributed by atoms with Crippen molar-refractivity contribution < 1.29 is 26.4 Å². The van der Waals surface area contributed by atoms with Gasteiger partial charge in [0.15, 0.2) is 15.6 Å². The summed E-state index contributed by atoms with van der Waals surface area (Å²) in [6, 6.07) is 0. The molecule has 0 spiro atoms. The van der Waals surface area contributed by atoms with Crippen LogP contribution in [0.3, 0.4) is 0 Å². The van der Waals surface area contributed by atoms with Crippen LogP contribution in [0.5, 0.6) is 0 Å². The van der Waals surface area contributed by atoms with E-state index in [-0.39, 0.29) is 37.6 Å². The molecule has 0 bridgehead atoms. The van der Waals surface area contributed by atoms with Crippen molar-refractivity contribution in [2.24, 2.45) is 5.92 Å². The van der Waals surface area contributed by atoms with Gasteiger partial charge in [0.2, 0.25) is 10.0 Å². The molecule has 9 heteroatoms. The Bertz CT molecular complexity index is 559. The molecule has 1 rings (SSSR count). The molecule has 0 saturated carbocycles. The highest BCUT2D eigenvalue weighted by Crippen LogP contribution is 2.22. The molecule has 1 aliphatic rings. The predicted molar refractivity (Wildman–Crippen MR) is 79.0 cm³/mol. The minimum atomic E-state index is -3.72. The number of ether oxygens (including phenoxy) is 1. The van der Waals surface area contributed by atoms with Crippen molar-refractivity contribution in [2.45, 2.75) is 31.9 Å². The van der Waals surface area contributed by atoms with E-state index in [0.717, 1.165) is 7.11 Å². The van der Waals surface area contributed by atoms with Crippen LogP contribution in [0.25, 0.3) is 0 Å². The summed E-state index contributed by atoms with van der Waals surface area (Å²) < 4.78 is 53.7. The normalized spacial score (nSPS) is 18.9. The Morgan fingerprint density at radius 2 is 1.71 bits per heavy atom. The molecule has 1 fully saturated rings. The Balaban J connectivity index is 2.66. The predicted octanol–water partition coefficient (Wildman–Crippen LogP) is 0.0244. The fraction of sp³-hybridized carbons (Fsp3) is 0.917. The first kappa shape index (κ1) is 18.4. The van der Waals surface area contributed by atoms with Crippen molar-refractivity contribution >= 4 is 25.8 Å². The van der Waals surface area contributed by atoms with Gasteiger partial charge in [0, 0.05) is 13.1 Å². The van der Waals surface area contributed by atoms with Gasteiger partial charge >= 0.3 is 5.97 Å². The second-order valence-electron chi connectivity index (χ2n) is 5.65. The number of hydrogen-bond donors (Lipinski definition) is 0. The number of methoxy groups -OCH3 is 1. The average molecular weight is 341 g/mol. The number of carbonyl (C=O) groups is 1. The lowest BCUT2D eigenvalue weighted by molar-refractivity contribution is -0.137. The van der Waals surface area contributed by atoms with Gasteiger partial charge in [-0.05, 0) is 18.8 Å². The third-order valence-electron chi connectivity index (χ3n) is 3.40. The highest BCUT2D eigenvalue weighted by molar-refractivity contribution is 7.92. The van der Waals surface area contributed by atoms with Crippen LogP contribution in [0.2, 0.25) is 0 Å². The van der Waals surface area contributed by atoms with E-state index in [1.807, 2.05) is 13.8 Å². The topological polar surface area (TPSA) is 97.8 Å². The summed E-state index contributed by atoms with van der Waals surface area (Å²) in [7, 11) is -5.79. The number of esters is 1. The summed E-state index contributed by atoms with van der Waals surface area (Å²) in [5.41, 5.74) is 0. The maximum atomic E-state index is 12.1. The monoisotopic (exact) mass is 341 g/mol. The number of sulfonamides is 1. The highest BCUT2D eigenvalue weighted by Gasteiger charge is 2.35. The number of rotatable bonds is 6. The van der Waals surface area contributed by atoms with Gasteiger partial charge in [0.1, 0.15) is 0 Å². The quantitative estimate of drug-likeness (QED) is 0.632. The summed E-state index contributed by atoms with van der Waals surface area (Å²) in [4.78, 5) is 11.1. The first-order chi connectivity index (χ1) is 9.58. The van der Waals surface area contributed by atoms with Gasteiger partial charge in [0.25, 0.3) is 0 Å². The van der Waals surface area contributed by atoms with Crippen molar-refractivity contribution in [3.05, 3.63) is 0 Å². The van der Waals surface area contributed by atoms with Crippen molar-refractivity contribution in [2.75, 3.05) is 31.7 Å². The van der Waals surface area contributed by atoms with Crippen LogP contribution < -0.4 is 0 Å². The summed E-state index contributed by atoms with van der Waals surface area (Å²) in [6.45, 7) is 3.93. The number of sulfone groups is 1. The Morgan fingerprint density at radius 1 is 1.19 bits per heavy atom. The number of hydrogen-bond acceptors (Lipinski definition) is 6. The summed E-state index contributed by atoms with van der Waals surface area (Å²) in [5.74, 6) is -1.35. The molecular weight excluding hydrogens is 318 g/mol. The number of nitrogens with zero attached hydrogens (tertiary/aromatic N) is 1. The van der Waals surface area contributed by atoms with E-state index in [2.05, 4.69) is 4.74 Å². The van der Waals surface area contributed by atoms with Gasteiger partial charge in [-0.25, -0.2) is 21.1 Å². The molecule has 0 aromatic heterocycles. The highest BCUT2D eigenvalue weighted by atomic mass is 32.2. The van der Waals surface area contributed by atoms with Crippen molar-refractivity contribution in [3.63, 3.8) is 0 Å². The van der Waals surface area contributed by atoms with Crippen LogP contribution >= 0.6 is 0 Å². The number of piperidine rings is 1. The minimum Gasteiger partial charge on any atom is -0.468 e. The van der Waals surface area contributed by atoms with Gasteiger partial charge in [-0.3, -0.25) is 4.79 Å². The largest absolute Gasteiger partial charge is 0.468 e. The zero-order valence-electron chi connectivity index (χ0n) is 12.6. The average Bonchev–Trinajstić information content (AvgIpc) is 2.36. The van der Waals surface area contributed by atoms with Gasteiger partial charge in [-0.2, -0.15) is 0 Å². The lowest BCUT2D eigenvalue weighted by atomic mass is 10.2.